The van der Waals surface area contributed by atoms with Gasteiger partial charge in [0, 0.05) is 6.08 Å². The predicted octanol–water partition coefficient (Wildman–Crippen LogP) is 3.11. The van der Waals surface area contributed by atoms with Gasteiger partial charge in [0.05, 0.1) is 16.3 Å². The van der Waals surface area contributed by atoms with E-state index in [1.54, 1.807) is 18.2 Å². The third kappa shape index (κ3) is 4.07. The summed E-state index contributed by atoms with van der Waals surface area (Å²) in [5, 5.41) is 11.6. The number of nitrogens with one attached hydrogen (secondary N) is 1. The first-order valence-electron chi connectivity index (χ1n) is 5.17. The van der Waals surface area contributed by atoms with E-state index >= 15 is 0 Å². The number of allylic oxidation sites excluding steroid dienone is 3. The minimum atomic E-state index is -1.08. The van der Waals surface area contributed by atoms with Crippen molar-refractivity contribution in [2.75, 3.05) is 5.32 Å². The number of anilines is 1. The first kappa shape index (κ1) is 14.0. The highest BCUT2D eigenvalue weighted by Gasteiger charge is 2.08. The van der Waals surface area contributed by atoms with Crippen LogP contribution < -0.4 is 5.32 Å². The van der Waals surface area contributed by atoms with Crippen LogP contribution in [-0.2, 0) is 4.79 Å². The van der Waals surface area contributed by atoms with Crippen LogP contribution in [0.3, 0.4) is 0 Å². The number of aromatic carboxylic acids is 1. The summed E-state index contributed by atoms with van der Waals surface area (Å²) >= 11 is 5.86. The van der Waals surface area contributed by atoms with Crippen molar-refractivity contribution >= 4 is 29.2 Å². The van der Waals surface area contributed by atoms with Crippen molar-refractivity contribution in [3.8, 4) is 0 Å². The van der Waals surface area contributed by atoms with E-state index in [0.717, 1.165) is 0 Å². The molecule has 2 N–H and O–H groups in total. The topological polar surface area (TPSA) is 66.4 Å². The summed E-state index contributed by atoms with van der Waals surface area (Å²) < 4.78 is 0. The van der Waals surface area contributed by atoms with Crippen LogP contribution in [0.1, 0.15) is 17.3 Å². The Bertz CT molecular complexity index is 521. The van der Waals surface area contributed by atoms with Gasteiger partial charge in [0.1, 0.15) is 0 Å². The van der Waals surface area contributed by atoms with Gasteiger partial charge >= 0.3 is 5.97 Å². The van der Waals surface area contributed by atoms with E-state index < -0.39 is 5.97 Å². The van der Waals surface area contributed by atoms with E-state index in [4.69, 9.17) is 16.7 Å². The van der Waals surface area contributed by atoms with Gasteiger partial charge in [-0.2, -0.15) is 0 Å². The normalized spacial score (nSPS) is 11.0. The largest absolute Gasteiger partial charge is 0.478 e. The number of hydrogen-bond donors (Lipinski definition) is 2. The molecular formula is C13H12ClNO3. The van der Waals surface area contributed by atoms with Gasteiger partial charge in [-0.3, -0.25) is 4.79 Å². The number of carboxylic acid groups (broad SMARTS) is 1. The lowest BCUT2D eigenvalue weighted by molar-refractivity contribution is -0.111. The Labute approximate surface area is 110 Å². The van der Waals surface area contributed by atoms with Gasteiger partial charge in [-0.25, -0.2) is 4.79 Å². The lowest BCUT2D eigenvalue weighted by atomic mass is 10.2. The van der Waals surface area contributed by atoms with Gasteiger partial charge in [0.25, 0.3) is 0 Å². The number of carbonyl (C=O) groups excluding carboxylic acids is 1. The summed E-state index contributed by atoms with van der Waals surface area (Å²) in [6.07, 6.45) is 6.38. The van der Waals surface area contributed by atoms with Crippen molar-refractivity contribution in [1.29, 1.82) is 0 Å². The van der Waals surface area contributed by atoms with Crippen LogP contribution in [-0.4, -0.2) is 17.0 Å². The first-order valence-corrected chi connectivity index (χ1v) is 5.55. The molecular weight excluding hydrogens is 254 g/mol. The highest BCUT2D eigenvalue weighted by atomic mass is 35.5. The number of benzene rings is 1. The van der Waals surface area contributed by atoms with Gasteiger partial charge in [-0.05, 0) is 25.1 Å². The third-order valence-electron chi connectivity index (χ3n) is 2.02. The molecule has 0 saturated heterocycles. The van der Waals surface area contributed by atoms with Gasteiger partial charge in [0.2, 0.25) is 5.91 Å². The zero-order chi connectivity index (χ0) is 13.5. The second kappa shape index (κ2) is 6.61. The van der Waals surface area contributed by atoms with Crippen LogP contribution in [0.25, 0.3) is 0 Å². The maximum atomic E-state index is 11.5. The molecule has 0 unspecified atom stereocenters. The summed E-state index contributed by atoms with van der Waals surface area (Å²) in [7, 11) is 0. The lowest BCUT2D eigenvalue weighted by Gasteiger charge is -2.05. The van der Waals surface area contributed by atoms with E-state index in [2.05, 4.69) is 5.32 Å². The molecule has 0 heterocycles. The minimum absolute atomic E-state index is 0.0622. The quantitative estimate of drug-likeness (QED) is 0.649. The maximum absolute atomic E-state index is 11.5. The van der Waals surface area contributed by atoms with Gasteiger partial charge < -0.3 is 10.4 Å². The molecule has 0 spiro atoms. The molecule has 1 aromatic carbocycles. The van der Waals surface area contributed by atoms with Crippen LogP contribution in [0.2, 0.25) is 5.02 Å². The van der Waals surface area contributed by atoms with E-state index in [9.17, 15) is 9.59 Å². The number of halogens is 1. The molecule has 0 aliphatic heterocycles. The van der Waals surface area contributed by atoms with Gasteiger partial charge in [-0.15, -0.1) is 0 Å². The third-order valence-corrected chi connectivity index (χ3v) is 2.35. The highest BCUT2D eigenvalue weighted by Crippen LogP contribution is 2.23. The standard InChI is InChI=1S/C13H12ClNO3/c1-2-3-4-5-12(16)15-11-8-9(13(17)18)6-7-10(11)14/h2-8H,1H3,(H,15,16)(H,17,18)/b3-2+,5-4+. The molecule has 4 nitrogen and oxygen atoms in total. The Balaban J connectivity index is 2.86. The number of rotatable bonds is 4. The van der Waals surface area contributed by atoms with Crippen LogP contribution in [0, 0.1) is 0 Å². The summed E-state index contributed by atoms with van der Waals surface area (Å²) in [6, 6.07) is 4.11. The smallest absolute Gasteiger partial charge is 0.335 e. The highest BCUT2D eigenvalue weighted by molar-refractivity contribution is 6.34. The second-order valence-corrected chi connectivity index (χ2v) is 3.78. The van der Waals surface area contributed by atoms with E-state index in [1.807, 2.05) is 6.92 Å². The summed E-state index contributed by atoms with van der Waals surface area (Å²) in [5.41, 5.74) is 0.332. The van der Waals surface area contributed by atoms with Crippen LogP contribution in [0.15, 0.2) is 42.5 Å². The average molecular weight is 266 g/mol. The SMILES string of the molecule is C/C=C/C=C/C(=O)Nc1cc(C(=O)O)ccc1Cl. The predicted molar refractivity (Wildman–Crippen MR) is 71.0 cm³/mol. The average Bonchev–Trinajstić information content (AvgIpc) is 2.32. The van der Waals surface area contributed by atoms with Crippen molar-refractivity contribution in [2.45, 2.75) is 6.92 Å². The van der Waals surface area contributed by atoms with Crippen LogP contribution in [0.4, 0.5) is 5.69 Å². The number of carboxylic acids is 1. The fourth-order valence-electron chi connectivity index (χ4n) is 1.18. The molecule has 1 amide bonds. The summed E-state index contributed by atoms with van der Waals surface area (Å²) in [6.45, 7) is 1.83. The fourth-order valence-corrected chi connectivity index (χ4v) is 1.35. The summed E-state index contributed by atoms with van der Waals surface area (Å²) in [4.78, 5) is 22.3. The molecule has 94 valence electrons. The van der Waals surface area contributed by atoms with Crippen molar-refractivity contribution in [3.63, 3.8) is 0 Å². The molecule has 0 fully saturated rings. The molecule has 1 aromatic rings. The van der Waals surface area contributed by atoms with Gasteiger partial charge in [0.15, 0.2) is 0 Å². The molecule has 0 bridgehead atoms. The first-order chi connectivity index (χ1) is 8.54. The number of hydrogen-bond acceptors (Lipinski definition) is 2. The van der Waals surface area contributed by atoms with Crippen molar-refractivity contribution < 1.29 is 14.7 Å². The summed E-state index contributed by atoms with van der Waals surface area (Å²) in [5.74, 6) is -1.45. The number of carbonyl (C=O) groups is 2. The Hall–Kier alpha value is -2.07. The van der Waals surface area contributed by atoms with E-state index in [-0.39, 0.29) is 22.2 Å². The second-order valence-electron chi connectivity index (χ2n) is 3.37. The van der Waals surface area contributed by atoms with Crippen molar-refractivity contribution in [2.24, 2.45) is 0 Å². The molecule has 18 heavy (non-hydrogen) atoms. The molecule has 0 aliphatic carbocycles. The Morgan fingerprint density at radius 1 is 1.33 bits per heavy atom. The molecule has 0 atom stereocenters. The van der Waals surface area contributed by atoms with Crippen molar-refractivity contribution in [1.82, 2.24) is 0 Å². The Morgan fingerprint density at radius 3 is 2.67 bits per heavy atom. The number of amides is 1. The zero-order valence-electron chi connectivity index (χ0n) is 9.68. The minimum Gasteiger partial charge on any atom is -0.478 e. The Kier molecular flexibility index (Phi) is 5.14. The zero-order valence-corrected chi connectivity index (χ0v) is 10.4. The molecule has 5 heteroatoms. The van der Waals surface area contributed by atoms with Crippen molar-refractivity contribution in [3.05, 3.63) is 53.1 Å². The fraction of sp³-hybridized carbons (Fsp3) is 0.0769. The molecule has 0 saturated carbocycles. The molecule has 0 radical (unpaired) electrons. The molecule has 1 rings (SSSR count). The Morgan fingerprint density at radius 2 is 2.06 bits per heavy atom. The van der Waals surface area contributed by atoms with Crippen LogP contribution in [0.5, 0.6) is 0 Å². The van der Waals surface area contributed by atoms with Gasteiger partial charge in [-0.1, -0.05) is 29.8 Å². The molecule has 0 aromatic heterocycles. The lowest BCUT2D eigenvalue weighted by Crippen LogP contribution is -2.09. The maximum Gasteiger partial charge on any atom is 0.335 e. The monoisotopic (exact) mass is 265 g/mol. The van der Waals surface area contributed by atoms with Crippen LogP contribution >= 0.6 is 11.6 Å². The van der Waals surface area contributed by atoms with E-state index in [0.29, 0.717) is 0 Å². The van der Waals surface area contributed by atoms with E-state index in [1.165, 1.54) is 24.3 Å². The molecule has 0 aliphatic rings.